The average molecular weight is 280 g/mol. The maximum Gasteiger partial charge on any atom is 0.128 e. The minimum absolute atomic E-state index is 0.202. The van der Waals surface area contributed by atoms with Crippen LogP contribution in [-0.2, 0) is 9.47 Å². The lowest BCUT2D eigenvalue weighted by atomic mass is 9.70. The minimum Gasteiger partial charge on any atom is -0.495 e. The first kappa shape index (κ1) is 15.9. The third-order valence-corrected chi connectivity index (χ3v) is 5.76. The normalized spacial score (nSPS) is 39.6. The van der Waals surface area contributed by atoms with E-state index in [9.17, 15) is 0 Å². The Morgan fingerprint density at radius 2 is 1.85 bits per heavy atom. The molecule has 0 unspecified atom stereocenters. The summed E-state index contributed by atoms with van der Waals surface area (Å²) in [5, 5.41) is 0. The van der Waals surface area contributed by atoms with E-state index < -0.39 is 0 Å². The van der Waals surface area contributed by atoms with E-state index in [2.05, 4.69) is 41.5 Å². The van der Waals surface area contributed by atoms with Crippen molar-refractivity contribution in [2.45, 2.75) is 73.5 Å². The van der Waals surface area contributed by atoms with Crippen molar-refractivity contribution >= 4 is 0 Å². The Morgan fingerprint density at radius 3 is 2.40 bits per heavy atom. The highest BCUT2D eigenvalue weighted by molar-refractivity contribution is 5.16. The third kappa shape index (κ3) is 2.41. The lowest BCUT2D eigenvalue weighted by Gasteiger charge is -2.40. The highest BCUT2D eigenvalue weighted by atomic mass is 16.5. The van der Waals surface area contributed by atoms with E-state index in [1.165, 1.54) is 12.8 Å². The van der Waals surface area contributed by atoms with Gasteiger partial charge in [-0.2, -0.15) is 0 Å². The first-order chi connectivity index (χ1) is 9.13. The Bertz CT molecular complexity index is 377. The molecule has 2 nitrogen and oxygen atoms in total. The molecule has 2 aliphatic carbocycles. The van der Waals surface area contributed by atoms with Crippen LogP contribution in [0.2, 0.25) is 0 Å². The molecule has 0 aromatic carbocycles. The summed E-state index contributed by atoms with van der Waals surface area (Å²) in [6.07, 6.45) is 6.77. The van der Waals surface area contributed by atoms with Gasteiger partial charge in [-0.05, 0) is 30.6 Å². The van der Waals surface area contributed by atoms with Gasteiger partial charge in [0.15, 0.2) is 0 Å². The second-order valence-electron chi connectivity index (χ2n) is 8.65. The van der Waals surface area contributed by atoms with Gasteiger partial charge in [-0.25, -0.2) is 0 Å². The number of fused-ring (bicyclic) bond motifs is 2. The zero-order chi connectivity index (χ0) is 15.2. The van der Waals surface area contributed by atoms with Crippen LogP contribution in [0.4, 0.5) is 0 Å². The van der Waals surface area contributed by atoms with Gasteiger partial charge in [-0.1, -0.05) is 47.6 Å². The molecule has 2 heteroatoms. The first-order valence-electron chi connectivity index (χ1n) is 8.02. The fourth-order valence-electron chi connectivity index (χ4n) is 4.17. The van der Waals surface area contributed by atoms with Crippen LogP contribution in [0, 0.1) is 22.2 Å². The van der Waals surface area contributed by atoms with E-state index in [1.54, 1.807) is 0 Å². The summed E-state index contributed by atoms with van der Waals surface area (Å²) in [6.45, 7) is 16.7. The maximum atomic E-state index is 6.39. The van der Waals surface area contributed by atoms with Crippen LogP contribution in [0.1, 0.15) is 61.3 Å². The molecule has 0 spiro atoms. The average Bonchev–Trinajstić information content (AvgIpc) is 2.63. The molecule has 2 saturated carbocycles. The smallest absolute Gasteiger partial charge is 0.128 e. The lowest BCUT2D eigenvalue weighted by Crippen LogP contribution is -2.43. The van der Waals surface area contributed by atoms with Gasteiger partial charge in [0.25, 0.3) is 0 Å². The molecule has 4 atom stereocenters. The Balaban J connectivity index is 2.21. The molecule has 0 aromatic heterocycles. The van der Waals surface area contributed by atoms with Gasteiger partial charge >= 0.3 is 0 Å². The van der Waals surface area contributed by atoms with Gasteiger partial charge in [0.2, 0.25) is 0 Å². The molecule has 116 valence electrons. The van der Waals surface area contributed by atoms with Crippen LogP contribution in [0.5, 0.6) is 0 Å². The zero-order valence-corrected chi connectivity index (χ0v) is 14.3. The topological polar surface area (TPSA) is 18.5 Å². The van der Waals surface area contributed by atoms with Crippen molar-refractivity contribution in [3.63, 3.8) is 0 Å². The molecule has 2 aliphatic rings. The second kappa shape index (κ2) is 5.05. The predicted octanol–water partition coefficient (Wildman–Crippen LogP) is 4.79. The van der Waals surface area contributed by atoms with Gasteiger partial charge in [0, 0.05) is 11.3 Å². The molecule has 20 heavy (non-hydrogen) atoms. The standard InChI is InChI=1S/C18H32O2/c1-8-11-19-14-13-9-10-18(7,17(13,5)6)15(14)20-12-16(2,3)4/h8,11,13-15H,9-10,12H2,1-7H3/b11-8+/t13-,14-,15-,18+/m1/s1. The van der Waals surface area contributed by atoms with E-state index >= 15 is 0 Å². The van der Waals surface area contributed by atoms with Crippen LogP contribution in [0.3, 0.4) is 0 Å². The summed E-state index contributed by atoms with van der Waals surface area (Å²) in [5.41, 5.74) is 0.727. The van der Waals surface area contributed by atoms with Crippen LogP contribution in [-0.4, -0.2) is 18.8 Å². The maximum absolute atomic E-state index is 6.39. The summed E-state index contributed by atoms with van der Waals surface area (Å²) < 4.78 is 12.4. The van der Waals surface area contributed by atoms with Crippen LogP contribution in [0.25, 0.3) is 0 Å². The molecule has 2 bridgehead atoms. The van der Waals surface area contributed by atoms with Gasteiger partial charge in [-0.3, -0.25) is 0 Å². The lowest BCUT2D eigenvalue weighted by molar-refractivity contribution is -0.116. The largest absolute Gasteiger partial charge is 0.495 e. The fraction of sp³-hybridized carbons (Fsp3) is 0.889. The van der Waals surface area contributed by atoms with Crippen molar-refractivity contribution in [1.29, 1.82) is 0 Å². The van der Waals surface area contributed by atoms with E-state index in [0.29, 0.717) is 11.3 Å². The van der Waals surface area contributed by atoms with E-state index in [0.717, 1.165) is 6.61 Å². The number of hydrogen-bond acceptors (Lipinski definition) is 2. The van der Waals surface area contributed by atoms with Crippen molar-refractivity contribution in [3.05, 3.63) is 12.3 Å². The van der Waals surface area contributed by atoms with Crippen LogP contribution >= 0.6 is 0 Å². The van der Waals surface area contributed by atoms with Gasteiger partial charge in [0.05, 0.1) is 12.9 Å². The van der Waals surface area contributed by atoms with E-state index in [1.807, 2.05) is 19.3 Å². The summed E-state index contributed by atoms with van der Waals surface area (Å²) in [4.78, 5) is 0. The molecule has 0 saturated heterocycles. The quantitative estimate of drug-likeness (QED) is 0.689. The van der Waals surface area contributed by atoms with Gasteiger partial charge < -0.3 is 9.47 Å². The Morgan fingerprint density at radius 1 is 1.20 bits per heavy atom. The molecule has 0 N–H and O–H groups in total. The summed E-state index contributed by atoms with van der Waals surface area (Å²) in [5.74, 6) is 0.605. The van der Waals surface area contributed by atoms with Gasteiger partial charge in [0.1, 0.15) is 12.2 Å². The van der Waals surface area contributed by atoms with Crippen molar-refractivity contribution in [3.8, 4) is 0 Å². The summed E-state index contributed by atoms with van der Waals surface area (Å²) in [6, 6.07) is 0. The molecular weight excluding hydrogens is 248 g/mol. The molecular formula is C18H32O2. The zero-order valence-electron chi connectivity index (χ0n) is 14.3. The second-order valence-corrected chi connectivity index (χ2v) is 8.65. The Hall–Kier alpha value is -0.500. The summed E-state index contributed by atoms with van der Waals surface area (Å²) >= 11 is 0. The van der Waals surface area contributed by atoms with Crippen molar-refractivity contribution in [1.82, 2.24) is 0 Å². The predicted molar refractivity (Wildman–Crippen MR) is 83.5 cm³/mol. The van der Waals surface area contributed by atoms with E-state index in [-0.39, 0.29) is 23.0 Å². The van der Waals surface area contributed by atoms with Crippen molar-refractivity contribution in [2.24, 2.45) is 22.2 Å². The molecule has 2 rings (SSSR count). The summed E-state index contributed by atoms with van der Waals surface area (Å²) in [7, 11) is 0. The SMILES string of the molecule is C/C=C/O[C@@H]1[C@H]2CC[C@@](C)([C@@H]1OCC(C)(C)C)C2(C)C. The molecule has 0 radical (unpaired) electrons. The monoisotopic (exact) mass is 280 g/mol. The van der Waals surface area contributed by atoms with Crippen LogP contribution in [0.15, 0.2) is 12.3 Å². The molecule has 0 heterocycles. The van der Waals surface area contributed by atoms with Crippen molar-refractivity contribution in [2.75, 3.05) is 6.61 Å². The third-order valence-electron chi connectivity index (χ3n) is 5.76. The van der Waals surface area contributed by atoms with Crippen molar-refractivity contribution < 1.29 is 9.47 Å². The first-order valence-corrected chi connectivity index (χ1v) is 8.02. The highest BCUT2D eigenvalue weighted by Crippen LogP contribution is 2.67. The highest BCUT2D eigenvalue weighted by Gasteiger charge is 2.67. The number of hydrogen-bond donors (Lipinski definition) is 0. The number of ether oxygens (including phenoxy) is 2. The van der Waals surface area contributed by atoms with Gasteiger partial charge in [-0.15, -0.1) is 0 Å². The molecule has 0 amide bonds. The molecule has 0 aromatic rings. The number of rotatable bonds is 4. The Labute approximate surface area is 124 Å². The Kier molecular flexibility index (Phi) is 4.01. The van der Waals surface area contributed by atoms with Crippen LogP contribution < -0.4 is 0 Å². The molecule has 2 fully saturated rings. The van der Waals surface area contributed by atoms with E-state index in [4.69, 9.17) is 9.47 Å². The fourth-order valence-corrected chi connectivity index (χ4v) is 4.17. The molecule has 0 aliphatic heterocycles. The minimum atomic E-state index is 0.202. The number of allylic oxidation sites excluding steroid dienone is 1.